The number of aromatic nitrogens is 2. The number of rotatable bonds is 3. The zero-order valence-corrected chi connectivity index (χ0v) is 11.3. The van der Waals surface area contributed by atoms with Crippen LogP contribution in [-0.2, 0) is 16.6 Å². The predicted molar refractivity (Wildman–Crippen MR) is 70.5 cm³/mol. The molecule has 1 amide bonds. The third kappa shape index (κ3) is 2.14. The van der Waals surface area contributed by atoms with E-state index in [2.05, 4.69) is 10.4 Å². The minimum Gasteiger partial charge on any atom is -0.550 e. The Hall–Kier alpha value is -2.44. The highest BCUT2D eigenvalue weighted by Gasteiger charge is 2.37. The monoisotopic (exact) mass is 290 g/mol. The van der Waals surface area contributed by atoms with Gasteiger partial charge in [0.15, 0.2) is 5.82 Å². The Balaban J connectivity index is 1.89. The number of nitrogens with zero attached hydrogens (tertiary/aromatic N) is 2. The van der Waals surface area contributed by atoms with Crippen molar-refractivity contribution in [3.8, 4) is 0 Å². The molecule has 0 saturated heterocycles. The van der Waals surface area contributed by atoms with Crippen molar-refractivity contribution in [2.24, 2.45) is 18.9 Å². The van der Waals surface area contributed by atoms with Crippen LogP contribution in [0.25, 0.3) is 10.9 Å². The number of aryl methyl sites for hydroxylation is 1. The normalized spacial score (nSPS) is 21.0. The third-order valence-electron chi connectivity index (χ3n) is 3.98. The van der Waals surface area contributed by atoms with Gasteiger partial charge in [-0.1, -0.05) is 6.07 Å². The van der Waals surface area contributed by atoms with E-state index in [-0.39, 0.29) is 11.2 Å². The maximum Gasteiger partial charge on any atom is 0.229 e. The molecule has 0 spiro atoms. The zero-order valence-electron chi connectivity index (χ0n) is 11.3. The molecule has 7 heteroatoms. The molecule has 1 aliphatic carbocycles. The molecule has 0 unspecified atom stereocenters. The summed E-state index contributed by atoms with van der Waals surface area (Å²) < 4.78 is 15.4. The van der Waals surface area contributed by atoms with Crippen molar-refractivity contribution in [3.05, 3.63) is 24.0 Å². The topological polar surface area (TPSA) is 87.0 Å². The van der Waals surface area contributed by atoms with Gasteiger partial charge >= 0.3 is 0 Å². The smallest absolute Gasteiger partial charge is 0.229 e. The van der Waals surface area contributed by atoms with Gasteiger partial charge in [-0.3, -0.25) is 9.48 Å². The molecule has 1 aromatic carbocycles. The summed E-state index contributed by atoms with van der Waals surface area (Å²) in [7, 11) is 1.64. The van der Waals surface area contributed by atoms with E-state index in [1.807, 2.05) is 0 Å². The van der Waals surface area contributed by atoms with Gasteiger partial charge in [-0.25, -0.2) is 4.39 Å². The van der Waals surface area contributed by atoms with Gasteiger partial charge in [-0.15, -0.1) is 0 Å². The Morgan fingerprint density at radius 3 is 2.71 bits per heavy atom. The summed E-state index contributed by atoms with van der Waals surface area (Å²) in [5.74, 6) is -3.47. The minimum atomic E-state index is -1.22. The maximum absolute atomic E-state index is 13.9. The average molecular weight is 290 g/mol. The Kier molecular flexibility index (Phi) is 3.12. The van der Waals surface area contributed by atoms with Crippen LogP contribution in [0, 0.1) is 17.7 Å². The number of carboxylic acid groups (broad SMARTS) is 1. The average Bonchev–Trinajstić information content (AvgIpc) is 2.65. The van der Waals surface area contributed by atoms with Gasteiger partial charge in [-0.05, 0) is 25.0 Å². The predicted octanol–water partition coefficient (Wildman–Crippen LogP) is 0.427. The number of anilines is 1. The number of halogens is 1. The van der Waals surface area contributed by atoms with Crippen LogP contribution in [0.15, 0.2) is 18.2 Å². The number of hydrogen-bond acceptors (Lipinski definition) is 4. The van der Waals surface area contributed by atoms with Crippen LogP contribution in [0.2, 0.25) is 0 Å². The van der Waals surface area contributed by atoms with Gasteiger partial charge in [0.2, 0.25) is 5.91 Å². The number of amides is 1. The fourth-order valence-corrected chi connectivity index (χ4v) is 2.66. The molecule has 1 saturated carbocycles. The van der Waals surface area contributed by atoms with E-state index in [1.165, 1.54) is 10.7 Å². The molecule has 2 atom stereocenters. The Morgan fingerprint density at radius 1 is 1.38 bits per heavy atom. The molecule has 21 heavy (non-hydrogen) atoms. The maximum atomic E-state index is 13.9. The summed E-state index contributed by atoms with van der Waals surface area (Å²) in [6, 6.07) is 4.53. The second-order valence-electron chi connectivity index (χ2n) is 5.20. The largest absolute Gasteiger partial charge is 0.550 e. The lowest BCUT2D eigenvalue weighted by atomic mass is 9.73. The summed E-state index contributed by atoms with van der Waals surface area (Å²) in [5.41, 5.74) is 0.551. The summed E-state index contributed by atoms with van der Waals surface area (Å²) >= 11 is 0. The first-order chi connectivity index (χ1) is 9.99. The fraction of sp³-hybridized carbons (Fsp3) is 0.357. The highest BCUT2D eigenvalue weighted by Crippen LogP contribution is 2.35. The van der Waals surface area contributed by atoms with Crippen molar-refractivity contribution < 1.29 is 19.1 Å². The lowest BCUT2D eigenvalue weighted by Gasteiger charge is -2.35. The molecular formula is C14H13FN3O3-. The summed E-state index contributed by atoms with van der Waals surface area (Å²) in [5, 5.41) is 17.7. The number of aliphatic carboxylic acids is 1. The van der Waals surface area contributed by atoms with E-state index in [4.69, 9.17) is 0 Å². The Labute approximate surface area is 119 Å². The molecule has 3 rings (SSSR count). The van der Waals surface area contributed by atoms with Gasteiger partial charge in [0.05, 0.1) is 10.9 Å². The number of carbonyl (C=O) groups is 2. The number of carboxylic acids is 1. The number of benzene rings is 1. The van der Waals surface area contributed by atoms with Crippen molar-refractivity contribution in [1.29, 1.82) is 0 Å². The first-order valence-electron chi connectivity index (χ1n) is 6.62. The molecule has 1 N–H and O–H groups in total. The number of fused-ring (bicyclic) bond motifs is 1. The standard InChI is InChI=1S/C14H14FN3O3/c1-18-10-4-2-3-9(15)11(10)12(17-18)16-13(19)7-5-6-8(7)14(20)21/h2-4,7-8H,5-6H2,1H3,(H,20,21)(H,16,17,19)/p-1/t7-,8-/m1/s1. The molecule has 1 aliphatic rings. The second-order valence-corrected chi connectivity index (χ2v) is 5.20. The van der Waals surface area contributed by atoms with Crippen molar-refractivity contribution >= 4 is 28.6 Å². The number of nitrogens with one attached hydrogen (secondary N) is 1. The number of hydrogen-bond donors (Lipinski definition) is 1. The molecule has 1 fully saturated rings. The molecule has 0 bridgehead atoms. The molecule has 2 aromatic rings. The van der Waals surface area contributed by atoms with Crippen LogP contribution in [0.4, 0.5) is 10.2 Å². The van der Waals surface area contributed by atoms with Gasteiger partial charge in [0.1, 0.15) is 5.82 Å². The highest BCUT2D eigenvalue weighted by molar-refractivity contribution is 6.02. The number of carbonyl (C=O) groups excluding carboxylic acids is 2. The van der Waals surface area contributed by atoms with Crippen LogP contribution >= 0.6 is 0 Å². The van der Waals surface area contributed by atoms with Crippen LogP contribution in [0.5, 0.6) is 0 Å². The van der Waals surface area contributed by atoms with Crippen molar-refractivity contribution in [2.45, 2.75) is 12.8 Å². The Bertz CT molecular complexity index is 740. The van der Waals surface area contributed by atoms with E-state index in [0.29, 0.717) is 18.4 Å². The molecule has 0 radical (unpaired) electrons. The molecule has 1 aromatic heterocycles. The first-order valence-corrected chi connectivity index (χ1v) is 6.62. The van der Waals surface area contributed by atoms with E-state index in [1.54, 1.807) is 19.2 Å². The second kappa shape index (κ2) is 4.83. The quantitative estimate of drug-likeness (QED) is 0.888. The van der Waals surface area contributed by atoms with E-state index in [9.17, 15) is 19.1 Å². The van der Waals surface area contributed by atoms with Gasteiger partial charge in [0.25, 0.3) is 0 Å². The van der Waals surface area contributed by atoms with Crippen LogP contribution in [0.1, 0.15) is 12.8 Å². The summed E-state index contributed by atoms with van der Waals surface area (Å²) in [6.45, 7) is 0. The fourth-order valence-electron chi connectivity index (χ4n) is 2.66. The van der Waals surface area contributed by atoms with Crippen LogP contribution in [0.3, 0.4) is 0 Å². The first kappa shape index (κ1) is 13.5. The lowest BCUT2D eigenvalue weighted by Crippen LogP contribution is -2.46. The van der Waals surface area contributed by atoms with Crippen molar-refractivity contribution in [1.82, 2.24) is 9.78 Å². The zero-order chi connectivity index (χ0) is 15.1. The molecular weight excluding hydrogens is 277 g/mol. The van der Waals surface area contributed by atoms with Crippen LogP contribution in [-0.4, -0.2) is 21.7 Å². The molecule has 1 heterocycles. The van der Waals surface area contributed by atoms with Crippen LogP contribution < -0.4 is 10.4 Å². The van der Waals surface area contributed by atoms with Gasteiger partial charge in [-0.2, -0.15) is 5.10 Å². The van der Waals surface area contributed by atoms with Crippen molar-refractivity contribution in [2.75, 3.05) is 5.32 Å². The lowest BCUT2D eigenvalue weighted by molar-refractivity contribution is -0.316. The molecule has 0 aliphatic heterocycles. The molecule has 6 nitrogen and oxygen atoms in total. The van der Waals surface area contributed by atoms with Gasteiger partial charge in [0, 0.05) is 24.9 Å². The SMILES string of the molecule is Cn1nc(NC(=O)[C@@H]2CC[C@H]2C(=O)[O-])c2c(F)cccc21. The highest BCUT2D eigenvalue weighted by atomic mass is 19.1. The van der Waals surface area contributed by atoms with Crippen molar-refractivity contribution in [3.63, 3.8) is 0 Å². The minimum absolute atomic E-state index is 0.111. The van der Waals surface area contributed by atoms with E-state index >= 15 is 0 Å². The summed E-state index contributed by atoms with van der Waals surface area (Å²) in [4.78, 5) is 22.9. The third-order valence-corrected chi connectivity index (χ3v) is 3.98. The summed E-state index contributed by atoms with van der Waals surface area (Å²) in [6.07, 6.45) is 0.912. The molecule has 110 valence electrons. The van der Waals surface area contributed by atoms with E-state index in [0.717, 1.165) is 0 Å². The Morgan fingerprint density at radius 2 is 2.10 bits per heavy atom. The van der Waals surface area contributed by atoms with E-state index < -0.39 is 29.5 Å². The van der Waals surface area contributed by atoms with Gasteiger partial charge < -0.3 is 15.2 Å².